The third-order valence-electron chi connectivity index (χ3n) is 5.54. The van der Waals surface area contributed by atoms with Crippen LogP contribution in [0.15, 0.2) is 47.8 Å². The van der Waals surface area contributed by atoms with Gasteiger partial charge in [0.1, 0.15) is 5.69 Å². The number of thiophene rings is 1. The normalized spacial score (nSPS) is 20.6. The van der Waals surface area contributed by atoms with Gasteiger partial charge in [-0.25, -0.2) is 0 Å². The molecule has 3 aromatic rings. The molecule has 1 atom stereocenters. The monoisotopic (exact) mass is 368 g/mol. The van der Waals surface area contributed by atoms with E-state index in [-0.39, 0.29) is 17.9 Å². The summed E-state index contributed by atoms with van der Waals surface area (Å²) in [5, 5.41) is 12.2. The predicted molar refractivity (Wildman–Crippen MR) is 106 cm³/mol. The molecule has 1 aliphatic heterocycles. The van der Waals surface area contributed by atoms with E-state index in [0.717, 1.165) is 42.4 Å². The molecule has 136 valence electrons. The maximum atomic E-state index is 13.0. The Labute approximate surface area is 157 Å². The second kappa shape index (κ2) is 7.25. The Morgan fingerprint density at radius 1 is 1.27 bits per heavy atom. The zero-order valence-corrected chi connectivity index (χ0v) is 15.6. The number of aryl methyl sites for hydroxylation is 1. The van der Waals surface area contributed by atoms with Gasteiger partial charge in [0.15, 0.2) is 0 Å². The molecule has 1 fully saturated rings. The van der Waals surface area contributed by atoms with E-state index < -0.39 is 0 Å². The van der Waals surface area contributed by atoms with Crippen molar-refractivity contribution in [1.29, 1.82) is 0 Å². The maximum absolute atomic E-state index is 13.0. The minimum atomic E-state index is -0.201. The number of likely N-dealkylation sites (tertiary alicyclic amines) is 1. The molecule has 1 saturated heterocycles. The molecule has 2 N–H and O–H groups in total. The minimum absolute atomic E-state index is 0.0469. The molecule has 0 spiro atoms. The number of piperidine rings is 1. The van der Waals surface area contributed by atoms with Crippen molar-refractivity contribution < 1.29 is 9.90 Å². The van der Waals surface area contributed by atoms with Gasteiger partial charge >= 0.3 is 0 Å². The smallest absolute Gasteiger partial charge is 0.270 e. The number of amides is 1. The third kappa shape index (κ3) is 3.41. The Bertz CT molecular complexity index is 857. The molecule has 2 aromatic heterocycles. The standard InChI is InChI=1S/C21H24N2O2S/c24-15-21(10-7-16-5-2-1-3-6-16)9-4-11-23(14-21)20(25)18-13-19-17(22-18)8-12-26-19/h1-3,5-6,8,12-13,22,24H,4,7,9-11,14-15H2/t21-/m1/s1. The summed E-state index contributed by atoms with van der Waals surface area (Å²) in [4.78, 5) is 18.1. The predicted octanol–water partition coefficient (Wildman–Crippen LogP) is 4.08. The van der Waals surface area contributed by atoms with Gasteiger partial charge in [0.25, 0.3) is 5.91 Å². The first-order valence-electron chi connectivity index (χ1n) is 9.19. The number of carbonyl (C=O) groups excluding carboxylic acids is 1. The van der Waals surface area contributed by atoms with Gasteiger partial charge < -0.3 is 15.0 Å². The van der Waals surface area contributed by atoms with Crippen molar-refractivity contribution in [2.45, 2.75) is 25.7 Å². The zero-order valence-electron chi connectivity index (χ0n) is 14.8. The van der Waals surface area contributed by atoms with Gasteiger partial charge in [-0.05, 0) is 48.8 Å². The van der Waals surface area contributed by atoms with E-state index in [4.69, 9.17) is 0 Å². The lowest BCUT2D eigenvalue weighted by atomic mass is 9.76. The van der Waals surface area contributed by atoms with E-state index in [9.17, 15) is 9.90 Å². The first-order chi connectivity index (χ1) is 12.7. The summed E-state index contributed by atoms with van der Waals surface area (Å²) in [5.74, 6) is 0.0469. The fraction of sp³-hybridized carbons (Fsp3) is 0.381. The van der Waals surface area contributed by atoms with E-state index in [1.54, 1.807) is 11.3 Å². The van der Waals surface area contributed by atoms with E-state index in [1.165, 1.54) is 5.56 Å². The molecule has 1 aromatic carbocycles. The minimum Gasteiger partial charge on any atom is -0.396 e. The van der Waals surface area contributed by atoms with E-state index in [2.05, 4.69) is 29.2 Å². The van der Waals surface area contributed by atoms with Crippen LogP contribution in [-0.2, 0) is 6.42 Å². The summed E-state index contributed by atoms with van der Waals surface area (Å²) in [5.41, 5.74) is 2.76. The summed E-state index contributed by atoms with van der Waals surface area (Å²) in [6, 6.07) is 14.3. The van der Waals surface area contributed by atoms with Crippen molar-refractivity contribution in [2.24, 2.45) is 5.41 Å². The van der Waals surface area contributed by atoms with Crippen LogP contribution in [0.5, 0.6) is 0 Å². The average molecular weight is 369 g/mol. The SMILES string of the molecule is O=C(c1cc2sccc2[nH]1)N1CCC[C@@](CO)(CCc2ccccc2)C1. The van der Waals surface area contributed by atoms with Crippen LogP contribution in [0.3, 0.4) is 0 Å². The number of hydrogen-bond acceptors (Lipinski definition) is 3. The Kier molecular flexibility index (Phi) is 4.83. The zero-order chi connectivity index (χ0) is 18.0. The summed E-state index contributed by atoms with van der Waals surface area (Å²) in [6.45, 7) is 1.52. The molecule has 4 nitrogen and oxygen atoms in total. The first kappa shape index (κ1) is 17.3. The van der Waals surface area contributed by atoms with Gasteiger partial charge in [-0.2, -0.15) is 0 Å². The number of aliphatic hydroxyl groups is 1. The van der Waals surface area contributed by atoms with E-state index in [0.29, 0.717) is 12.2 Å². The van der Waals surface area contributed by atoms with Crippen molar-refractivity contribution in [2.75, 3.05) is 19.7 Å². The maximum Gasteiger partial charge on any atom is 0.270 e. The Balaban J connectivity index is 1.47. The molecular weight excluding hydrogens is 344 g/mol. The molecule has 0 aliphatic carbocycles. The third-order valence-corrected chi connectivity index (χ3v) is 6.41. The molecule has 0 unspecified atom stereocenters. The van der Waals surface area contributed by atoms with Crippen LogP contribution in [0.25, 0.3) is 10.2 Å². The molecule has 0 bridgehead atoms. The highest BCUT2D eigenvalue weighted by Gasteiger charge is 2.37. The lowest BCUT2D eigenvalue weighted by molar-refractivity contribution is 0.0225. The summed E-state index contributed by atoms with van der Waals surface area (Å²) in [7, 11) is 0. The van der Waals surface area contributed by atoms with Crippen LogP contribution in [0.1, 0.15) is 35.3 Å². The first-order valence-corrected chi connectivity index (χ1v) is 10.1. The molecule has 1 amide bonds. The Hall–Kier alpha value is -2.11. The van der Waals surface area contributed by atoms with Crippen LogP contribution in [0.2, 0.25) is 0 Å². The van der Waals surface area contributed by atoms with Gasteiger partial charge in [0.2, 0.25) is 0 Å². The molecule has 0 saturated carbocycles. The number of fused-ring (bicyclic) bond motifs is 1. The van der Waals surface area contributed by atoms with Crippen LogP contribution in [0.4, 0.5) is 0 Å². The number of carbonyl (C=O) groups is 1. The second-order valence-electron chi connectivity index (χ2n) is 7.36. The molecule has 3 heterocycles. The number of aromatic nitrogens is 1. The van der Waals surface area contributed by atoms with Crippen molar-refractivity contribution in [3.05, 3.63) is 59.1 Å². The summed E-state index contributed by atoms with van der Waals surface area (Å²) in [6.07, 6.45) is 3.74. The molecule has 1 aliphatic rings. The number of hydrogen-bond donors (Lipinski definition) is 2. The highest BCUT2D eigenvalue weighted by Crippen LogP contribution is 2.35. The van der Waals surface area contributed by atoms with Crippen LogP contribution >= 0.6 is 11.3 Å². The Morgan fingerprint density at radius 2 is 2.12 bits per heavy atom. The topological polar surface area (TPSA) is 56.3 Å². The van der Waals surface area contributed by atoms with Gasteiger partial charge in [0.05, 0.1) is 16.8 Å². The van der Waals surface area contributed by atoms with E-state index in [1.807, 2.05) is 28.5 Å². The highest BCUT2D eigenvalue weighted by atomic mass is 32.1. The number of aromatic amines is 1. The number of rotatable bonds is 5. The summed E-state index contributed by atoms with van der Waals surface area (Å²) < 4.78 is 1.11. The Morgan fingerprint density at radius 3 is 2.88 bits per heavy atom. The quantitative estimate of drug-likeness (QED) is 0.713. The number of benzene rings is 1. The largest absolute Gasteiger partial charge is 0.396 e. The molecule has 5 heteroatoms. The van der Waals surface area contributed by atoms with Crippen LogP contribution < -0.4 is 0 Å². The van der Waals surface area contributed by atoms with Crippen LogP contribution in [-0.4, -0.2) is 40.6 Å². The molecule has 0 radical (unpaired) electrons. The fourth-order valence-corrected chi connectivity index (χ4v) is 4.76. The van der Waals surface area contributed by atoms with Crippen molar-refractivity contribution >= 4 is 27.5 Å². The van der Waals surface area contributed by atoms with Crippen molar-refractivity contribution in [1.82, 2.24) is 9.88 Å². The lowest BCUT2D eigenvalue weighted by Crippen LogP contribution is -2.48. The second-order valence-corrected chi connectivity index (χ2v) is 8.30. The van der Waals surface area contributed by atoms with Gasteiger partial charge in [-0.15, -0.1) is 11.3 Å². The number of aliphatic hydroxyl groups excluding tert-OH is 1. The lowest BCUT2D eigenvalue weighted by Gasteiger charge is -2.42. The van der Waals surface area contributed by atoms with Crippen molar-refractivity contribution in [3.63, 3.8) is 0 Å². The van der Waals surface area contributed by atoms with Crippen LogP contribution in [0, 0.1) is 5.41 Å². The molecular formula is C21H24N2O2S. The van der Waals surface area contributed by atoms with E-state index >= 15 is 0 Å². The van der Waals surface area contributed by atoms with Gasteiger partial charge in [0, 0.05) is 18.5 Å². The fourth-order valence-electron chi connectivity index (χ4n) is 3.98. The van der Waals surface area contributed by atoms with Gasteiger partial charge in [-0.1, -0.05) is 30.3 Å². The number of H-pyrrole nitrogens is 1. The van der Waals surface area contributed by atoms with Gasteiger partial charge in [-0.3, -0.25) is 4.79 Å². The number of nitrogens with one attached hydrogen (secondary N) is 1. The molecule has 4 rings (SSSR count). The van der Waals surface area contributed by atoms with Crippen molar-refractivity contribution in [3.8, 4) is 0 Å². The number of nitrogens with zero attached hydrogens (tertiary/aromatic N) is 1. The highest BCUT2D eigenvalue weighted by molar-refractivity contribution is 7.17. The molecule has 26 heavy (non-hydrogen) atoms. The average Bonchev–Trinajstić information content (AvgIpc) is 3.29. The summed E-state index contributed by atoms with van der Waals surface area (Å²) >= 11 is 1.64.